The van der Waals surface area contributed by atoms with Crippen molar-refractivity contribution in [2.75, 3.05) is 0 Å². The van der Waals surface area contributed by atoms with Crippen molar-refractivity contribution in [1.82, 2.24) is 0 Å². The highest BCUT2D eigenvalue weighted by Gasteiger charge is 1.93. The zero-order chi connectivity index (χ0) is 5.70. The number of halogens is 2. The highest BCUT2D eigenvalue weighted by atomic mass is 35.5. The molecule has 0 saturated carbocycles. The predicted molar refractivity (Wildman–Crippen MR) is 35.3 cm³/mol. The van der Waals surface area contributed by atoms with Crippen LogP contribution in [0.4, 0.5) is 0 Å². The standard InChI is InChI=1S/C4H7Cl2.Al/c1-2-3-4(5)6;/h4H,1-3H2;. The number of rotatable bonds is 3. The minimum absolute atomic E-state index is 0.166. The fourth-order valence-corrected chi connectivity index (χ4v) is 0.816. The second-order valence-electron chi connectivity index (χ2n) is 1.32. The third-order valence-corrected chi connectivity index (χ3v) is 1.47. The molecular formula is C4H7AlCl2. The molecule has 7 heavy (non-hydrogen) atoms. The van der Waals surface area contributed by atoms with Crippen LogP contribution in [0.5, 0.6) is 0 Å². The Kier molecular flexibility index (Phi) is 6.09. The Hall–Kier alpha value is 1.11. The molecule has 0 aromatic rings. The van der Waals surface area contributed by atoms with Gasteiger partial charge in [-0.15, -0.1) is 28.5 Å². The molecule has 0 saturated heterocycles. The minimum Gasteiger partial charge on any atom is -0.118 e. The molecular weight excluding hydrogens is 146 g/mol. The van der Waals surface area contributed by atoms with Gasteiger partial charge in [0.25, 0.3) is 0 Å². The van der Waals surface area contributed by atoms with E-state index in [9.17, 15) is 0 Å². The predicted octanol–water partition coefficient (Wildman–Crippen LogP) is 2.16. The van der Waals surface area contributed by atoms with Gasteiger partial charge in [0.05, 0.1) is 0 Å². The first-order valence-corrected chi connectivity index (χ1v) is 3.94. The molecule has 2 radical (unpaired) electrons. The smallest absolute Gasteiger partial charge is 0.118 e. The normalized spacial score (nSPS) is 10.1. The number of alkyl halides is 2. The van der Waals surface area contributed by atoms with Gasteiger partial charge in [0, 0.05) is 0 Å². The van der Waals surface area contributed by atoms with Crippen molar-refractivity contribution in [2.24, 2.45) is 0 Å². The minimum atomic E-state index is -0.166. The molecule has 0 bridgehead atoms. The maximum Gasteiger partial charge on any atom is 0.118 e. The van der Waals surface area contributed by atoms with Crippen molar-refractivity contribution < 1.29 is 0 Å². The monoisotopic (exact) mass is 152 g/mol. The second kappa shape index (κ2) is 5.25. The lowest BCUT2D eigenvalue weighted by Crippen LogP contribution is -1.84. The molecule has 0 spiro atoms. The molecule has 0 aromatic heterocycles. The van der Waals surface area contributed by atoms with Crippen LogP contribution >= 0.6 is 23.2 Å². The van der Waals surface area contributed by atoms with Gasteiger partial charge in [-0.25, -0.2) is 0 Å². The van der Waals surface area contributed by atoms with Gasteiger partial charge >= 0.3 is 0 Å². The first-order chi connectivity index (χ1) is 3.27. The fraction of sp³-hybridized carbons (Fsp3) is 1.00. The van der Waals surface area contributed by atoms with Gasteiger partial charge in [0.1, 0.15) is 21.1 Å². The van der Waals surface area contributed by atoms with Crippen LogP contribution in [0.1, 0.15) is 12.8 Å². The van der Waals surface area contributed by atoms with Gasteiger partial charge in [-0.2, -0.15) is 0 Å². The van der Waals surface area contributed by atoms with Crippen LogP contribution in [0.3, 0.4) is 0 Å². The summed E-state index contributed by atoms with van der Waals surface area (Å²) in [6.07, 6.45) is 2.01. The summed E-state index contributed by atoms with van der Waals surface area (Å²) in [4.78, 5) is -0.166. The zero-order valence-electron chi connectivity index (χ0n) is 4.03. The molecule has 0 atom stereocenters. The second-order valence-corrected chi connectivity index (χ2v) is 3.18. The van der Waals surface area contributed by atoms with Crippen LogP contribution in [-0.4, -0.2) is 21.1 Å². The van der Waals surface area contributed by atoms with Crippen LogP contribution in [0, 0.1) is 0 Å². The molecule has 0 rings (SSSR count). The van der Waals surface area contributed by atoms with E-state index in [0.29, 0.717) is 0 Å². The van der Waals surface area contributed by atoms with E-state index in [-0.39, 0.29) is 4.84 Å². The van der Waals surface area contributed by atoms with Gasteiger partial charge in [0.15, 0.2) is 0 Å². The Labute approximate surface area is 62.6 Å². The van der Waals surface area contributed by atoms with Gasteiger partial charge in [-0.05, 0) is 6.42 Å². The molecule has 0 aliphatic rings. The topological polar surface area (TPSA) is 0 Å². The van der Waals surface area contributed by atoms with E-state index in [1.165, 1.54) is 0 Å². The lowest BCUT2D eigenvalue weighted by Gasteiger charge is -1.94. The number of hydrogen-bond donors (Lipinski definition) is 0. The van der Waals surface area contributed by atoms with Gasteiger partial charge < -0.3 is 0 Å². The highest BCUT2D eigenvalue weighted by Crippen LogP contribution is 2.09. The Morgan fingerprint density at radius 3 is 2.14 bits per heavy atom. The van der Waals surface area contributed by atoms with E-state index in [0.717, 1.165) is 18.1 Å². The molecule has 0 aliphatic heterocycles. The van der Waals surface area contributed by atoms with E-state index >= 15 is 0 Å². The Balaban J connectivity index is 2.68. The molecule has 0 nitrogen and oxygen atoms in total. The summed E-state index contributed by atoms with van der Waals surface area (Å²) >= 11 is 13.5. The van der Waals surface area contributed by atoms with Gasteiger partial charge in [0.2, 0.25) is 0 Å². The average Bonchev–Trinajstić information content (AvgIpc) is 1.61. The summed E-state index contributed by atoms with van der Waals surface area (Å²) < 4.78 is 0. The number of hydrogen-bond acceptors (Lipinski definition) is 0. The van der Waals surface area contributed by atoms with Crippen LogP contribution < -0.4 is 0 Å². The lowest BCUT2D eigenvalue weighted by molar-refractivity contribution is 0.858. The van der Waals surface area contributed by atoms with E-state index < -0.39 is 0 Å². The summed E-state index contributed by atoms with van der Waals surface area (Å²) in [6, 6.07) is 0. The molecule has 40 valence electrons. The van der Waals surface area contributed by atoms with E-state index in [2.05, 4.69) is 16.3 Å². The quantitative estimate of drug-likeness (QED) is 0.430. The molecule has 0 unspecified atom stereocenters. The Morgan fingerprint density at radius 1 is 1.43 bits per heavy atom. The summed E-state index contributed by atoms with van der Waals surface area (Å²) in [6.45, 7) is 0. The molecule has 0 fully saturated rings. The van der Waals surface area contributed by atoms with Crippen molar-refractivity contribution in [1.29, 1.82) is 0 Å². The average molecular weight is 153 g/mol. The molecule has 3 heteroatoms. The highest BCUT2D eigenvalue weighted by molar-refractivity contribution is 6.44. The largest absolute Gasteiger partial charge is 0.118 e. The van der Waals surface area contributed by atoms with Crippen molar-refractivity contribution in [3.8, 4) is 0 Å². The molecule has 0 aromatic carbocycles. The van der Waals surface area contributed by atoms with Crippen molar-refractivity contribution >= 4 is 39.5 Å². The molecule has 0 aliphatic carbocycles. The van der Waals surface area contributed by atoms with E-state index in [1.54, 1.807) is 0 Å². The SMILES string of the molecule is [Al][CH2]CCC(Cl)Cl. The summed E-state index contributed by atoms with van der Waals surface area (Å²) in [5.41, 5.74) is 0. The first-order valence-electron chi connectivity index (χ1n) is 2.25. The van der Waals surface area contributed by atoms with Crippen molar-refractivity contribution in [2.45, 2.75) is 23.0 Å². The van der Waals surface area contributed by atoms with Gasteiger partial charge in [-0.1, -0.05) is 6.42 Å². The van der Waals surface area contributed by atoms with Crippen molar-refractivity contribution in [3.05, 3.63) is 0 Å². The summed E-state index contributed by atoms with van der Waals surface area (Å²) in [7, 11) is 0. The van der Waals surface area contributed by atoms with Crippen LogP contribution in [-0.2, 0) is 0 Å². The maximum atomic E-state index is 5.41. The molecule has 0 amide bonds. The van der Waals surface area contributed by atoms with E-state index in [4.69, 9.17) is 23.2 Å². The molecule has 0 heterocycles. The third-order valence-electron chi connectivity index (χ3n) is 0.626. The summed E-state index contributed by atoms with van der Waals surface area (Å²) in [5, 5.41) is 1.09. The lowest BCUT2D eigenvalue weighted by atomic mass is 10.4. The maximum absolute atomic E-state index is 5.41. The van der Waals surface area contributed by atoms with E-state index in [1.807, 2.05) is 0 Å². The fourth-order valence-electron chi connectivity index (χ4n) is 0.272. The third kappa shape index (κ3) is 7.11. The first kappa shape index (κ1) is 8.11. The molecule has 0 N–H and O–H groups in total. The van der Waals surface area contributed by atoms with Gasteiger partial charge in [-0.3, -0.25) is 0 Å². The Bertz CT molecular complexity index is 38.7. The van der Waals surface area contributed by atoms with Crippen LogP contribution in [0.25, 0.3) is 0 Å². The summed E-state index contributed by atoms with van der Waals surface area (Å²) in [5.74, 6) is 0. The Morgan fingerprint density at radius 2 is 2.00 bits per heavy atom. The van der Waals surface area contributed by atoms with Crippen molar-refractivity contribution in [3.63, 3.8) is 0 Å². The van der Waals surface area contributed by atoms with Crippen LogP contribution in [0.2, 0.25) is 5.28 Å². The van der Waals surface area contributed by atoms with Crippen LogP contribution in [0.15, 0.2) is 0 Å². The zero-order valence-corrected chi connectivity index (χ0v) is 6.70.